The quantitative estimate of drug-likeness (QED) is 0.381. The Hall–Kier alpha value is -3.65. The minimum absolute atomic E-state index is 0.206. The molecule has 180 valence electrons. The lowest BCUT2D eigenvalue weighted by Gasteiger charge is -2.33. The Morgan fingerprint density at radius 3 is 2.49 bits per heavy atom. The van der Waals surface area contributed by atoms with Crippen LogP contribution in [0, 0.1) is 0 Å². The molecule has 3 aromatic carbocycles. The number of aromatic nitrogens is 1. The lowest BCUT2D eigenvalue weighted by Crippen LogP contribution is -2.27. The first-order valence-electron chi connectivity index (χ1n) is 11.5. The van der Waals surface area contributed by atoms with Gasteiger partial charge in [-0.05, 0) is 75.8 Å². The lowest BCUT2D eigenvalue weighted by molar-refractivity contribution is 0.165. The summed E-state index contributed by atoms with van der Waals surface area (Å²) < 4.78 is 11.0. The van der Waals surface area contributed by atoms with Crippen molar-refractivity contribution in [3.63, 3.8) is 0 Å². The number of methoxy groups -OCH3 is 2. The van der Waals surface area contributed by atoms with E-state index in [1.165, 1.54) is 0 Å². The highest BCUT2D eigenvalue weighted by molar-refractivity contribution is 6.01. The monoisotopic (exact) mass is 472 g/mol. The summed E-state index contributed by atoms with van der Waals surface area (Å²) in [7, 11) is 3.17. The largest absolute Gasteiger partial charge is 0.493 e. The summed E-state index contributed by atoms with van der Waals surface area (Å²) in [5, 5.41) is 32.6. The van der Waals surface area contributed by atoms with Gasteiger partial charge in [0.05, 0.1) is 33.5 Å². The molecule has 0 bridgehead atoms. The molecule has 35 heavy (non-hydrogen) atoms. The zero-order valence-electron chi connectivity index (χ0n) is 19.7. The molecule has 1 aliphatic rings. The summed E-state index contributed by atoms with van der Waals surface area (Å²) in [6, 6.07) is 17.4. The molecule has 3 N–H and O–H groups in total. The molecule has 0 saturated heterocycles. The maximum Gasteiger partial charge on any atom is 0.161 e. The maximum atomic E-state index is 10.5. The molecule has 4 aromatic rings. The Kier molecular flexibility index (Phi) is 6.30. The summed E-state index contributed by atoms with van der Waals surface area (Å²) in [5.41, 5.74) is 4.77. The molecule has 7 heteroatoms. The number of aliphatic hydroxyl groups is 3. The van der Waals surface area contributed by atoms with E-state index in [1.54, 1.807) is 20.4 Å². The Morgan fingerprint density at radius 2 is 1.74 bits per heavy atom. The van der Waals surface area contributed by atoms with Gasteiger partial charge in [-0.1, -0.05) is 18.2 Å². The van der Waals surface area contributed by atoms with Crippen molar-refractivity contribution in [1.82, 2.24) is 4.98 Å². The van der Waals surface area contributed by atoms with Gasteiger partial charge >= 0.3 is 0 Å². The summed E-state index contributed by atoms with van der Waals surface area (Å²) in [6.45, 7) is 0.193. The molecule has 5 rings (SSSR count). The molecule has 2 heterocycles. The molecule has 0 aliphatic carbocycles. The van der Waals surface area contributed by atoms with Crippen LogP contribution in [0.5, 0.6) is 11.5 Å². The van der Waals surface area contributed by atoms with E-state index in [1.807, 2.05) is 54.6 Å². The Labute approximate surface area is 203 Å². The van der Waals surface area contributed by atoms with Crippen molar-refractivity contribution >= 4 is 22.3 Å². The van der Waals surface area contributed by atoms with Gasteiger partial charge in [0, 0.05) is 24.0 Å². The SMILES string of the molecule is COc1cc2cc(CO)c(CO)c(-c3ccnc(N4CC[C@@H](O)c5ccccc54)c3)c2cc1OC. The molecule has 1 atom stereocenters. The zero-order valence-corrected chi connectivity index (χ0v) is 19.7. The van der Waals surface area contributed by atoms with Crippen molar-refractivity contribution in [2.45, 2.75) is 25.7 Å². The fraction of sp³-hybridized carbons (Fsp3) is 0.250. The number of ether oxygens (including phenoxy) is 2. The molecule has 0 amide bonds. The average Bonchev–Trinajstić information content (AvgIpc) is 2.91. The van der Waals surface area contributed by atoms with E-state index in [-0.39, 0.29) is 13.2 Å². The van der Waals surface area contributed by atoms with Crippen LogP contribution >= 0.6 is 0 Å². The van der Waals surface area contributed by atoms with E-state index in [9.17, 15) is 15.3 Å². The molecule has 1 aromatic heterocycles. The van der Waals surface area contributed by atoms with Crippen molar-refractivity contribution in [3.8, 4) is 22.6 Å². The number of hydrogen-bond donors (Lipinski definition) is 3. The van der Waals surface area contributed by atoms with Crippen molar-refractivity contribution in [2.75, 3.05) is 25.7 Å². The molecule has 0 fully saturated rings. The van der Waals surface area contributed by atoms with E-state index >= 15 is 0 Å². The number of aliphatic hydroxyl groups excluding tert-OH is 3. The first-order chi connectivity index (χ1) is 17.1. The highest BCUT2D eigenvalue weighted by Crippen LogP contribution is 2.42. The maximum absolute atomic E-state index is 10.5. The van der Waals surface area contributed by atoms with Crippen LogP contribution < -0.4 is 14.4 Å². The fourth-order valence-electron chi connectivity index (χ4n) is 4.98. The summed E-state index contributed by atoms with van der Waals surface area (Å²) in [4.78, 5) is 6.74. The van der Waals surface area contributed by atoms with Crippen LogP contribution in [0.1, 0.15) is 29.2 Å². The fourth-order valence-corrected chi connectivity index (χ4v) is 4.98. The smallest absolute Gasteiger partial charge is 0.161 e. The van der Waals surface area contributed by atoms with Gasteiger partial charge in [0.2, 0.25) is 0 Å². The van der Waals surface area contributed by atoms with Crippen LogP contribution in [0.25, 0.3) is 21.9 Å². The third kappa shape index (κ3) is 3.97. The number of para-hydroxylation sites is 1. The van der Waals surface area contributed by atoms with E-state index < -0.39 is 6.10 Å². The number of nitrogens with zero attached hydrogens (tertiary/aromatic N) is 2. The van der Waals surface area contributed by atoms with Crippen molar-refractivity contribution in [3.05, 3.63) is 77.5 Å². The van der Waals surface area contributed by atoms with Gasteiger partial charge < -0.3 is 29.7 Å². The molecule has 0 radical (unpaired) electrons. The number of rotatable bonds is 6. The van der Waals surface area contributed by atoms with Gasteiger partial charge in [0.25, 0.3) is 0 Å². The van der Waals surface area contributed by atoms with Crippen molar-refractivity contribution < 1.29 is 24.8 Å². The standard InChI is InChI=1S/C28H28N2O5/c1-34-25-12-18-11-19(15-31)22(16-32)28(21(18)14-26(25)35-2)17-7-9-29-27(13-17)30-10-8-24(33)20-5-3-4-6-23(20)30/h3-7,9,11-14,24,31-33H,8,10,15-16H2,1-2H3/t24-/m1/s1. The van der Waals surface area contributed by atoms with E-state index in [4.69, 9.17) is 9.47 Å². The second kappa shape index (κ2) is 9.54. The third-order valence-corrected chi connectivity index (χ3v) is 6.70. The number of anilines is 2. The van der Waals surface area contributed by atoms with E-state index in [0.29, 0.717) is 35.6 Å². The van der Waals surface area contributed by atoms with Crippen LogP contribution in [0.3, 0.4) is 0 Å². The predicted molar refractivity (Wildman–Crippen MR) is 135 cm³/mol. The molecular formula is C28H28N2O5. The van der Waals surface area contributed by atoms with Gasteiger partial charge in [-0.3, -0.25) is 0 Å². The predicted octanol–water partition coefficient (Wildman–Crippen LogP) is 4.48. The average molecular weight is 473 g/mol. The Balaban J connectivity index is 1.73. The minimum Gasteiger partial charge on any atom is -0.493 e. The van der Waals surface area contributed by atoms with Crippen LogP contribution in [0.2, 0.25) is 0 Å². The van der Waals surface area contributed by atoms with Crippen LogP contribution in [-0.4, -0.2) is 41.1 Å². The van der Waals surface area contributed by atoms with Crippen LogP contribution in [0.15, 0.2) is 60.8 Å². The van der Waals surface area contributed by atoms with E-state index in [2.05, 4.69) is 9.88 Å². The van der Waals surface area contributed by atoms with E-state index in [0.717, 1.165) is 39.0 Å². The van der Waals surface area contributed by atoms with Crippen LogP contribution in [0.4, 0.5) is 11.5 Å². The van der Waals surface area contributed by atoms with Crippen molar-refractivity contribution in [2.24, 2.45) is 0 Å². The summed E-state index contributed by atoms with van der Waals surface area (Å²) >= 11 is 0. The highest BCUT2D eigenvalue weighted by atomic mass is 16.5. The topological polar surface area (TPSA) is 95.3 Å². The Morgan fingerprint density at radius 1 is 0.971 bits per heavy atom. The van der Waals surface area contributed by atoms with Gasteiger partial charge in [0.15, 0.2) is 11.5 Å². The number of fused-ring (bicyclic) bond motifs is 2. The second-order valence-electron chi connectivity index (χ2n) is 8.55. The molecule has 1 aliphatic heterocycles. The first-order valence-corrected chi connectivity index (χ1v) is 11.5. The molecule has 7 nitrogen and oxygen atoms in total. The summed E-state index contributed by atoms with van der Waals surface area (Å²) in [5.74, 6) is 1.91. The molecular weight excluding hydrogens is 444 g/mol. The normalized spacial score (nSPS) is 15.2. The number of hydrogen-bond acceptors (Lipinski definition) is 7. The molecule has 0 spiro atoms. The van der Waals surface area contributed by atoms with Gasteiger partial charge in [-0.2, -0.15) is 0 Å². The molecule has 0 saturated carbocycles. The second-order valence-corrected chi connectivity index (χ2v) is 8.55. The molecule has 0 unspecified atom stereocenters. The number of benzene rings is 3. The summed E-state index contributed by atoms with van der Waals surface area (Å²) in [6.07, 6.45) is 1.85. The zero-order chi connectivity index (χ0) is 24.5. The van der Waals surface area contributed by atoms with Crippen LogP contribution in [-0.2, 0) is 13.2 Å². The Bertz CT molecular complexity index is 1380. The van der Waals surface area contributed by atoms with Gasteiger partial charge in [-0.25, -0.2) is 4.98 Å². The minimum atomic E-state index is -0.501. The lowest BCUT2D eigenvalue weighted by atomic mass is 9.90. The highest BCUT2D eigenvalue weighted by Gasteiger charge is 2.25. The number of pyridine rings is 1. The first kappa shape index (κ1) is 23.1. The van der Waals surface area contributed by atoms with Gasteiger partial charge in [-0.15, -0.1) is 0 Å². The van der Waals surface area contributed by atoms with Crippen molar-refractivity contribution in [1.29, 1.82) is 0 Å². The van der Waals surface area contributed by atoms with Gasteiger partial charge in [0.1, 0.15) is 5.82 Å². The third-order valence-electron chi connectivity index (χ3n) is 6.70.